The number of hydrogen-bond donors (Lipinski definition) is 2. The quantitative estimate of drug-likeness (QED) is 0.585. The molecule has 2 heterocycles. The van der Waals surface area contributed by atoms with Crippen molar-refractivity contribution in [3.63, 3.8) is 0 Å². The van der Waals surface area contributed by atoms with Crippen LogP contribution in [0, 0.1) is 5.92 Å². The predicted molar refractivity (Wildman–Crippen MR) is 114 cm³/mol. The molecule has 160 valence electrons. The van der Waals surface area contributed by atoms with Crippen molar-refractivity contribution in [2.45, 2.75) is 44.8 Å². The van der Waals surface area contributed by atoms with Gasteiger partial charge in [0.05, 0.1) is 12.7 Å². The smallest absolute Gasteiger partial charge is 0.409 e. The molecule has 0 saturated carbocycles. The lowest BCUT2D eigenvalue weighted by Gasteiger charge is -2.34. The summed E-state index contributed by atoms with van der Waals surface area (Å²) in [6.45, 7) is 5.31. The van der Waals surface area contributed by atoms with Crippen molar-refractivity contribution in [3.05, 3.63) is 35.9 Å². The van der Waals surface area contributed by atoms with E-state index in [4.69, 9.17) is 9.47 Å². The Kier molecular flexibility index (Phi) is 8.16. The lowest BCUT2D eigenvalue weighted by Crippen LogP contribution is -2.50. The van der Waals surface area contributed by atoms with E-state index in [2.05, 4.69) is 39.9 Å². The fraction of sp³-hybridized carbons (Fsp3) is 0.636. The average Bonchev–Trinajstić information content (AvgIpc) is 2.78. The van der Waals surface area contributed by atoms with E-state index in [1.54, 1.807) is 11.9 Å². The Morgan fingerprint density at radius 3 is 2.69 bits per heavy atom. The second kappa shape index (κ2) is 11.0. The number of ether oxygens (including phenoxy) is 2. The number of nitrogens with one attached hydrogen (secondary N) is 2. The van der Waals surface area contributed by atoms with Gasteiger partial charge in [-0.1, -0.05) is 30.3 Å². The first-order valence-electron chi connectivity index (χ1n) is 10.8. The third kappa shape index (κ3) is 6.10. The number of amides is 1. The lowest BCUT2D eigenvalue weighted by molar-refractivity contribution is -0.0265. The maximum atomic E-state index is 11.8. The van der Waals surface area contributed by atoms with Crippen molar-refractivity contribution in [2.75, 3.05) is 39.9 Å². The van der Waals surface area contributed by atoms with Crippen LogP contribution in [0.2, 0.25) is 0 Å². The Hall–Kier alpha value is -2.28. The minimum atomic E-state index is -0.210. The first-order chi connectivity index (χ1) is 14.2. The van der Waals surface area contributed by atoms with E-state index in [0.29, 0.717) is 31.7 Å². The molecule has 0 bridgehead atoms. The Morgan fingerprint density at radius 2 is 2.00 bits per heavy atom. The van der Waals surface area contributed by atoms with E-state index in [-0.39, 0.29) is 12.2 Å². The van der Waals surface area contributed by atoms with Gasteiger partial charge in [-0.05, 0) is 38.2 Å². The number of aliphatic imine (C=N–C) groups is 1. The van der Waals surface area contributed by atoms with Gasteiger partial charge in [-0.3, -0.25) is 4.99 Å². The van der Waals surface area contributed by atoms with Gasteiger partial charge < -0.3 is 25.0 Å². The molecule has 0 aliphatic carbocycles. The molecule has 7 heteroatoms. The maximum absolute atomic E-state index is 11.8. The first kappa shape index (κ1) is 21.4. The van der Waals surface area contributed by atoms with Gasteiger partial charge in [0.1, 0.15) is 0 Å². The Bertz CT molecular complexity index is 659. The van der Waals surface area contributed by atoms with Crippen LogP contribution >= 0.6 is 0 Å². The zero-order valence-electron chi connectivity index (χ0n) is 17.6. The van der Waals surface area contributed by atoms with Gasteiger partial charge in [0.15, 0.2) is 5.96 Å². The summed E-state index contributed by atoms with van der Waals surface area (Å²) in [7, 11) is 1.80. The van der Waals surface area contributed by atoms with Crippen LogP contribution in [-0.4, -0.2) is 62.9 Å². The fourth-order valence-corrected chi connectivity index (χ4v) is 4.10. The number of likely N-dealkylation sites (tertiary alicyclic amines) is 1. The standard InChI is InChI=1S/C22H34N4O3/c1-3-28-22(27)26-13-11-19(12-14-26)25-21(23-2)24-16-18-10-7-15-29-20(18)17-8-5-4-6-9-17/h4-6,8-9,18-20H,3,7,10-16H2,1-2H3,(H2,23,24,25). The summed E-state index contributed by atoms with van der Waals surface area (Å²) in [5.41, 5.74) is 1.24. The zero-order valence-corrected chi connectivity index (χ0v) is 17.6. The largest absolute Gasteiger partial charge is 0.450 e. The minimum absolute atomic E-state index is 0.128. The normalized spacial score (nSPS) is 23.5. The predicted octanol–water partition coefficient (Wildman–Crippen LogP) is 2.94. The maximum Gasteiger partial charge on any atom is 0.409 e. The number of benzene rings is 1. The second-order valence-corrected chi connectivity index (χ2v) is 7.66. The van der Waals surface area contributed by atoms with Crippen molar-refractivity contribution in [2.24, 2.45) is 10.9 Å². The van der Waals surface area contributed by atoms with Crippen LogP contribution in [-0.2, 0) is 9.47 Å². The molecule has 2 saturated heterocycles. The van der Waals surface area contributed by atoms with Crippen LogP contribution in [0.4, 0.5) is 4.79 Å². The van der Waals surface area contributed by atoms with Crippen molar-refractivity contribution < 1.29 is 14.3 Å². The number of carbonyl (C=O) groups excluding carboxylic acids is 1. The molecule has 2 aliphatic rings. The summed E-state index contributed by atoms with van der Waals surface area (Å²) in [5, 5.41) is 7.00. The molecule has 3 rings (SSSR count). The van der Waals surface area contributed by atoms with E-state index in [0.717, 1.165) is 44.8 Å². The van der Waals surface area contributed by atoms with Crippen molar-refractivity contribution in [1.29, 1.82) is 0 Å². The zero-order chi connectivity index (χ0) is 20.5. The number of hydrogen-bond acceptors (Lipinski definition) is 4. The van der Waals surface area contributed by atoms with E-state index in [9.17, 15) is 4.79 Å². The molecule has 1 amide bonds. The van der Waals surface area contributed by atoms with Gasteiger partial charge in [0.2, 0.25) is 0 Å². The van der Waals surface area contributed by atoms with E-state index >= 15 is 0 Å². The monoisotopic (exact) mass is 402 g/mol. The molecule has 29 heavy (non-hydrogen) atoms. The molecule has 2 atom stereocenters. The van der Waals surface area contributed by atoms with E-state index < -0.39 is 0 Å². The minimum Gasteiger partial charge on any atom is -0.450 e. The topological polar surface area (TPSA) is 75.2 Å². The molecule has 2 fully saturated rings. The molecule has 1 aromatic carbocycles. The molecule has 1 aromatic rings. The van der Waals surface area contributed by atoms with Crippen molar-refractivity contribution in [1.82, 2.24) is 15.5 Å². The van der Waals surface area contributed by atoms with Crippen LogP contribution in [0.25, 0.3) is 0 Å². The Morgan fingerprint density at radius 1 is 1.24 bits per heavy atom. The van der Waals surface area contributed by atoms with Crippen LogP contribution in [0.3, 0.4) is 0 Å². The third-order valence-corrected chi connectivity index (χ3v) is 5.69. The van der Waals surface area contributed by atoms with Crippen molar-refractivity contribution in [3.8, 4) is 0 Å². The Labute approximate surface area is 173 Å². The highest BCUT2D eigenvalue weighted by Crippen LogP contribution is 2.33. The van der Waals surface area contributed by atoms with Crippen LogP contribution in [0.1, 0.15) is 44.3 Å². The van der Waals surface area contributed by atoms with Gasteiger partial charge in [0.25, 0.3) is 0 Å². The molecular formula is C22H34N4O3. The van der Waals surface area contributed by atoms with Crippen LogP contribution in [0.5, 0.6) is 0 Å². The number of piperidine rings is 1. The third-order valence-electron chi connectivity index (χ3n) is 5.69. The van der Waals surface area contributed by atoms with Gasteiger partial charge in [-0.25, -0.2) is 4.79 Å². The molecule has 2 N–H and O–H groups in total. The van der Waals surface area contributed by atoms with Crippen LogP contribution in [0.15, 0.2) is 35.3 Å². The van der Waals surface area contributed by atoms with Gasteiger partial charge >= 0.3 is 6.09 Å². The molecular weight excluding hydrogens is 368 g/mol. The van der Waals surface area contributed by atoms with Crippen LogP contribution < -0.4 is 10.6 Å². The van der Waals surface area contributed by atoms with Gasteiger partial charge in [0, 0.05) is 45.2 Å². The molecule has 2 unspecified atom stereocenters. The lowest BCUT2D eigenvalue weighted by atomic mass is 9.89. The highest BCUT2D eigenvalue weighted by Gasteiger charge is 2.28. The Balaban J connectivity index is 1.47. The van der Waals surface area contributed by atoms with Gasteiger partial charge in [-0.2, -0.15) is 0 Å². The molecule has 2 aliphatic heterocycles. The second-order valence-electron chi connectivity index (χ2n) is 7.66. The van der Waals surface area contributed by atoms with Gasteiger partial charge in [-0.15, -0.1) is 0 Å². The average molecular weight is 403 g/mol. The summed E-state index contributed by atoms with van der Waals surface area (Å²) < 4.78 is 11.2. The summed E-state index contributed by atoms with van der Waals surface area (Å²) in [4.78, 5) is 18.0. The molecule has 0 radical (unpaired) electrons. The number of nitrogens with zero attached hydrogens (tertiary/aromatic N) is 2. The highest BCUT2D eigenvalue weighted by atomic mass is 16.6. The number of guanidine groups is 1. The molecule has 0 aromatic heterocycles. The first-order valence-corrected chi connectivity index (χ1v) is 10.8. The van der Waals surface area contributed by atoms with Crippen molar-refractivity contribution >= 4 is 12.1 Å². The SMILES string of the molecule is CCOC(=O)N1CCC(NC(=NC)NCC2CCCOC2c2ccccc2)CC1. The van der Waals surface area contributed by atoms with E-state index in [1.165, 1.54) is 5.56 Å². The molecule has 0 spiro atoms. The summed E-state index contributed by atoms with van der Waals surface area (Å²) in [6.07, 6.45) is 3.92. The fourth-order valence-electron chi connectivity index (χ4n) is 4.10. The van der Waals surface area contributed by atoms with E-state index in [1.807, 2.05) is 13.0 Å². The highest BCUT2D eigenvalue weighted by molar-refractivity contribution is 5.80. The summed E-state index contributed by atoms with van der Waals surface area (Å²) >= 11 is 0. The summed E-state index contributed by atoms with van der Waals surface area (Å²) in [6, 6.07) is 10.8. The number of carbonyl (C=O) groups is 1. The number of rotatable bonds is 5. The molecule has 7 nitrogen and oxygen atoms in total. The summed E-state index contributed by atoms with van der Waals surface area (Å²) in [5.74, 6) is 1.23.